The van der Waals surface area contributed by atoms with Crippen LogP contribution in [0.1, 0.15) is 85.0 Å². The van der Waals surface area contributed by atoms with Crippen molar-refractivity contribution in [3.05, 3.63) is 0 Å². The molecule has 0 bridgehead atoms. The molecule has 4 nitrogen and oxygen atoms in total. The molecular formula is C26H46N2O2. The number of carbonyl (C=O) groups is 1. The van der Waals surface area contributed by atoms with E-state index in [-0.39, 0.29) is 0 Å². The summed E-state index contributed by atoms with van der Waals surface area (Å²) >= 11 is 0. The first kappa shape index (κ1) is 22.6. The van der Waals surface area contributed by atoms with Crippen LogP contribution in [0.15, 0.2) is 0 Å². The van der Waals surface area contributed by atoms with Gasteiger partial charge < -0.3 is 15.7 Å². The van der Waals surface area contributed by atoms with Gasteiger partial charge in [-0.25, -0.2) is 0 Å². The minimum absolute atomic E-state index is 0.329. The van der Waals surface area contributed by atoms with Gasteiger partial charge in [-0.3, -0.25) is 4.79 Å². The number of hydrogen-bond acceptors (Lipinski definition) is 3. The number of rotatable bonds is 6. The summed E-state index contributed by atoms with van der Waals surface area (Å²) in [5.41, 5.74) is 0.916. The normalized spacial score (nSPS) is 49.0. The van der Waals surface area contributed by atoms with Crippen molar-refractivity contribution in [2.24, 2.45) is 46.3 Å². The Balaban J connectivity index is 1.57. The highest BCUT2D eigenvalue weighted by atomic mass is 16.4. The molecule has 0 aromatic heterocycles. The first-order valence-electron chi connectivity index (χ1n) is 12.8. The molecule has 4 heteroatoms. The van der Waals surface area contributed by atoms with E-state index in [9.17, 15) is 9.90 Å². The Hall–Kier alpha value is -0.610. The number of hydrogen-bond donors (Lipinski definition) is 3. The molecule has 3 N–H and O–H groups in total. The Morgan fingerprint density at radius 1 is 1.00 bits per heavy atom. The van der Waals surface area contributed by atoms with E-state index < -0.39 is 5.97 Å². The van der Waals surface area contributed by atoms with Gasteiger partial charge in [-0.15, -0.1) is 0 Å². The second kappa shape index (κ2) is 8.39. The van der Waals surface area contributed by atoms with Crippen molar-refractivity contribution in [1.82, 2.24) is 10.6 Å². The molecule has 4 fully saturated rings. The molecule has 10 unspecified atom stereocenters. The molecule has 172 valence electrons. The van der Waals surface area contributed by atoms with Gasteiger partial charge in [0.15, 0.2) is 0 Å². The molecule has 0 saturated heterocycles. The maximum Gasteiger partial charge on any atom is 0.303 e. The summed E-state index contributed by atoms with van der Waals surface area (Å²) in [4.78, 5) is 11.2. The van der Waals surface area contributed by atoms with E-state index in [1.165, 1.54) is 51.4 Å². The second-order valence-electron chi connectivity index (χ2n) is 12.0. The lowest BCUT2D eigenvalue weighted by Gasteiger charge is -2.63. The number of carboxylic acid groups (broad SMARTS) is 1. The van der Waals surface area contributed by atoms with Gasteiger partial charge in [0.1, 0.15) is 0 Å². The third-order valence-electron chi connectivity index (χ3n) is 11.1. The average Bonchev–Trinajstić information content (AvgIpc) is 3.08. The lowest BCUT2D eigenvalue weighted by atomic mass is 9.43. The molecule has 0 aromatic carbocycles. The van der Waals surface area contributed by atoms with Crippen LogP contribution in [0.5, 0.6) is 0 Å². The quantitative estimate of drug-likeness (QED) is 0.572. The van der Waals surface area contributed by atoms with E-state index in [1.54, 1.807) is 0 Å². The van der Waals surface area contributed by atoms with Crippen LogP contribution < -0.4 is 10.6 Å². The summed E-state index contributed by atoms with van der Waals surface area (Å²) in [5, 5.41) is 16.6. The Morgan fingerprint density at radius 2 is 1.70 bits per heavy atom. The predicted molar refractivity (Wildman–Crippen MR) is 122 cm³/mol. The molecular weight excluding hydrogens is 372 g/mol. The summed E-state index contributed by atoms with van der Waals surface area (Å²) < 4.78 is 0. The third kappa shape index (κ3) is 3.54. The summed E-state index contributed by atoms with van der Waals surface area (Å²) in [5.74, 6) is 3.91. The van der Waals surface area contributed by atoms with Crippen molar-refractivity contribution in [3.63, 3.8) is 0 Å². The summed E-state index contributed by atoms with van der Waals surface area (Å²) in [7, 11) is 4.35. The van der Waals surface area contributed by atoms with Crippen LogP contribution in [0, 0.1) is 46.3 Å². The SMILES string of the molecule is CNC1CCC2(C)C(C1)CC(NC)C1C2CCC2(C)C(C(C)CCC(=O)O)CCC12. The van der Waals surface area contributed by atoms with Gasteiger partial charge in [0, 0.05) is 18.5 Å². The fraction of sp³-hybridized carbons (Fsp3) is 0.962. The average molecular weight is 419 g/mol. The Bertz CT molecular complexity index is 639. The molecule has 0 radical (unpaired) electrons. The highest BCUT2D eigenvalue weighted by molar-refractivity contribution is 5.66. The molecule has 4 rings (SSSR count). The van der Waals surface area contributed by atoms with E-state index in [0.29, 0.717) is 41.2 Å². The third-order valence-corrected chi connectivity index (χ3v) is 11.1. The fourth-order valence-corrected chi connectivity index (χ4v) is 9.36. The van der Waals surface area contributed by atoms with Gasteiger partial charge in [0.25, 0.3) is 0 Å². The van der Waals surface area contributed by atoms with Crippen molar-refractivity contribution >= 4 is 5.97 Å². The first-order chi connectivity index (χ1) is 14.2. The Kier molecular flexibility index (Phi) is 6.31. The Labute approximate surface area is 184 Å². The molecule has 0 heterocycles. The van der Waals surface area contributed by atoms with Crippen LogP contribution in [-0.2, 0) is 4.79 Å². The van der Waals surface area contributed by atoms with Crippen molar-refractivity contribution < 1.29 is 9.90 Å². The van der Waals surface area contributed by atoms with Gasteiger partial charge in [-0.05, 0) is 118 Å². The minimum atomic E-state index is -0.635. The fourth-order valence-electron chi connectivity index (χ4n) is 9.36. The molecule has 0 spiro atoms. The van der Waals surface area contributed by atoms with E-state index >= 15 is 0 Å². The number of aliphatic carboxylic acids is 1. The van der Waals surface area contributed by atoms with Crippen molar-refractivity contribution in [1.29, 1.82) is 0 Å². The maximum absolute atomic E-state index is 11.2. The van der Waals surface area contributed by atoms with Crippen LogP contribution >= 0.6 is 0 Å². The zero-order valence-electron chi connectivity index (χ0n) is 20.0. The molecule has 4 aliphatic carbocycles. The zero-order valence-corrected chi connectivity index (χ0v) is 20.0. The lowest BCUT2D eigenvalue weighted by molar-refractivity contribution is -0.138. The van der Waals surface area contributed by atoms with Crippen molar-refractivity contribution in [2.75, 3.05) is 14.1 Å². The maximum atomic E-state index is 11.2. The molecule has 10 atom stereocenters. The smallest absolute Gasteiger partial charge is 0.303 e. The number of carboxylic acids is 1. The zero-order chi connectivity index (χ0) is 21.7. The lowest BCUT2D eigenvalue weighted by Crippen LogP contribution is -2.61. The second-order valence-corrected chi connectivity index (χ2v) is 12.0. The van der Waals surface area contributed by atoms with E-state index in [1.807, 2.05) is 0 Å². The minimum Gasteiger partial charge on any atom is -0.481 e. The van der Waals surface area contributed by atoms with Gasteiger partial charge in [0.05, 0.1) is 0 Å². The van der Waals surface area contributed by atoms with Gasteiger partial charge in [-0.1, -0.05) is 20.8 Å². The van der Waals surface area contributed by atoms with E-state index in [4.69, 9.17) is 0 Å². The van der Waals surface area contributed by atoms with Gasteiger partial charge in [-0.2, -0.15) is 0 Å². The van der Waals surface area contributed by atoms with Crippen molar-refractivity contribution in [3.8, 4) is 0 Å². The monoisotopic (exact) mass is 418 g/mol. The highest BCUT2D eigenvalue weighted by Gasteiger charge is 2.62. The topological polar surface area (TPSA) is 61.4 Å². The number of fused-ring (bicyclic) bond motifs is 5. The molecule has 4 aliphatic rings. The van der Waals surface area contributed by atoms with Crippen LogP contribution in [-0.4, -0.2) is 37.3 Å². The van der Waals surface area contributed by atoms with Crippen LogP contribution in [0.25, 0.3) is 0 Å². The highest BCUT2D eigenvalue weighted by Crippen LogP contribution is 2.68. The van der Waals surface area contributed by atoms with Crippen LogP contribution in [0.3, 0.4) is 0 Å². The molecule has 0 aliphatic heterocycles. The summed E-state index contributed by atoms with van der Waals surface area (Å²) in [6, 6.07) is 1.36. The summed E-state index contributed by atoms with van der Waals surface area (Å²) in [6.07, 6.45) is 12.0. The standard InChI is InChI=1S/C26H46N2O2/c1-16(6-9-23(29)30)19-7-8-20-24-21(11-13-26(19,20)3)25(2)12-10-18(27-4)14-17(25)15-22(24)28-5/h16-22,24,27-28H,6-15H2,1-5H3,(H,29,30). The van der Waals surface area contributed by atoms with Gasteiger partial charge in [0.2, 0.25) is 0 Å². The summed E-state index contributed by atoms with van der Waals surface area (Å²) in [6.45, 7) is 7.57. The Morgan fingerprint density at radius 3 is 2.37 bits per heavy atom. The van der Waals surface area contributed by atoms with E-state index in [2.05, 4.69) is 45.5 Å². The predicted octanol–water partition coefficient (Wildman–Crippen LogP) is 4.93. The number of nitrogens with one attached hydrogen (secondary N) is 2. The van der Waals surface area contributed by atoms with Crippen LogP contribution in [0.4, 0.5) is 0 Å². The molecule has 0 amide bonds. The molecule has 30 heavy (non-hydrogen) atoms. The first-order valence-corrected chi connectivity index (χ1v) is 12.8. The largest absolute Gasteiger partial charge is 0.481 e. The van der Waals surface area contributed by atoms with E-state index in [0.717, 1.165) is 30.1 Å². The molecule has 0 aromatic rings. The van der Waals surface area contributed by atoms with Gasteiger partial charge >= 0.3 is 5.97 Å². The van der Waals surface area contributed by atoms with Crippen LogP contribution in [0.2, 0.25) is 0 Å². The van der Waals surface area contributed by atoms with Crippen molar-refractivity contribution in [2.45, 2.75) is 97.1 Å². The molecule has 4 saturated carbocycles.